The van der Waals surface area contributed by atoms with Gasteiger partial charge in [-0.05, 0) is 43.2 Å². The van der Waals surface area contributed by atoms with Crippen LogP contribution in [-0.4, -0.2) is 55.1 Å². The maximum absolute atomic E-state index is 13.4. The van der Waals surface area contributed by atoms with Crippen molar-refractivity contribution in [3.05, 3.63) is 53.5 Å². The lowest BCUT2D eigenvalue weighted by molar-refractivity contribution is -0.142. The van der Waals surface area contributed by atoms with E-state index in [2.05, 4.69) is 41.1 Å². The smallest absolute Gasteiger partial charge is 0.423 e. The molecule has 3 aromatic heterocycles. The van der Waals surface area contributed by atoms with Crippen LogP contribution in [0.3, 0.4) is 0 Å². The molecular weight excluding hydrogens is 487 g/mol. The molecule has 37 heavy (non-hydrogen) atoms. The Morgan fingerprint density at radius 3 is 2.73 bits per heavy atom. The summed E-state index contributed by atoms with van der Waals surface area (Å²) >= 11 is 0. The first-order valence-corrected chi connectivity index (χ1v) is 12.7. The zero-order valence-corrected chi connectivity index (χ0v) is 20.2. The van der Waals surface area contributed by atoms with Gasteiger partial charge in [0.2, 0.25) is 11.8 Å². The Hall–Kier alpha value is -3.28. The number of alkyl halides is 3. The van der Waals surface area contributed by atoms with Gasteiger partial charge in [-0.25, -0.2) is 4.98 Å². The highest BCUT2D eigenvalue weighted by Crippen LogP contribution is 2.38. The van der Waals surface area contributed by atoms with Gasteiger partial charge in [-0.3, -0.25) is 4.98 Å². The van der Waals surface area contributed by atoms with Crippen LogP contribution in [-0.2, 0) is 23.9 Å². The van der Waals surface area contributed by atoms with Gasteiger partial charge in [0.15, 0.2) is 0 Å². The molecule has 1 N–H and O–H groups in total. The Bertz CT molecular complexity index is 1230. The summed E-state index contributed by atoms with van der Waals surface area (Å²) in [5.41, 5.74) is 0.246. The molecule has 12 heteroatoms. The normalized spacial score (nSPS) is 24.2. The number of hydrogen-bond acceptors (Lipinski definition) is 8. The van der Waals surface area contributed by atoms with Crippen molar-refractivity contribution in [2.75, 3.05) is 18.5 Å². The Morgan fingerprint density at radius 2 is 1.97 bits per heavy atom. The zero-order chi connectivity index (χ0) is 25.4. The first-order chi connectivity index (χ1) is 17.9. The molecule has 1 saturated heterocycles. The third-order valence-corrected chi connectivity index (χ3v) is 7.46. The number of fused-ring (bicyclic) bond motifs is 1. The van der Waals surface area contributed by atoms with Gasteiger partial charge in [0.25, 0.3) is 0 Å². The highest BCUT2D eigenvalue weighted by molar-refractivity contribution is 5.36. The predicted molar refractivity (Wildman–Crippen MR) is 126 cm³/mol. The average Bonchev–Trinajstić information content (AvgIpc) is 3.30. The molecule has 1 saturated carbocycles. The second kappa shape index (κ2) is 9.88. The molecule has 2 aliphatic heterocycles. The highest BCUT2D eigenvalue weighted by Gasteiger charge is 2.38. The molecule has 1 aliphatic carbocycles. The fourth-order valence-electron chi connectivity index (χ4n) is 5.45. The van der Waals surface area contributed by atoms with Gasteiger partial charge in [0, 0.05) is 43.5 Å². The maximum atomic E-state index is 13.4. The third-order valence-electron chi connectivity index (χ3n) is 7.46. The fourth-order valence-corrected chi connectivity index (χ4v) is 5.45. The lowest BCUT2D eigenvalue weighted by Crippen LogP contribution is -2.39. The molecule has 0 unspecified atom stereocenters. The molecule has 2 fully saturated rings. The lowest BCUT2D eigenvalue weighted by atomic mass is 9.84. The molecule has 3 aliphatic rings. The molecular formula is C25H28F3N7O2. The average molecular weight is 516 g/mol. The lowest BCUT2D eigenvalue weighted by Gasteiger charge is -2.31. The summed E-state index contributed by atoms with van der Waals surface area (Å²) in [5.74, 6) is 2.27. The SMILES string of the molecule is FC(F)(F)c1cnc(N[C@@H]2CCC[C@H](c3nnc4n3CC[C@@H](c3cccnc3)C4)C2)nc1OC1COC1. The van der Waals surface area contributed by atoms with Crippen molar-refractivity contribution in [1.82, 2.24) is 29.7 Å². The fraction of sp³-hybridized carbons (Fsp3) is 0.560. The van der Waals surface area contributed by atoms with Crippen LogP contribution in [0.25, 0.3) is 0 Å². The van der Waals surface area contributed by atoms with Crippen molar-refractivity contribution in [2.45, 2.75) is 75.2 Å². The molecule has 0 aromatic carbocycles. The van der Waals surface area contributed by atoms with Crippen LogP contribution >= 0.6 is 0 Å². The Kier molecular flexibility index (Phi) is 6.43. The second-order valence-electron chi connectivity index (χ2n) is 9.99. The number of halogens is 3. The van der Waals surface area contributed by atoms with Crippen molar-refractivity contribution >= 4 is 5.95 Å². The summed E-state index contributed by atoms with van der Waals surface area (Å²) in [7, 11) is 0. The van der Waals surface area contributed by atoms with E-state index in [0.29, 0.717) is 5.92 Å². The summed E-state index contributed by atoms with van der Waals surface area (Å²) < 4.78 is 53.1. The third kappa shape index (κ3) is 5.11. The summed E-state index contributed by atoms with van der Waals surface area (Å²) in [6.45, 7) is 1.36. The van der Waals surface area contributed by atoms with Crippen molar-refractivity contribution in [3.63, 3.8) is 0 Å². The largest absolute Gasteiger partial charge is 0.469 e. The molecule has 5 heterocycles. The molecule has 6 rings (SSSR count). The van der Waals surface area contributed by atoms with Gasteiger partial charge in [-0.1, -0.05) is 12.5 Å². The number of rotatable bonds is 6. The Labute approximate surface area is 211 Å². The molecule has 0 radical (unpaired) electrons. The summed E-state index contributed by atoms with van der Waals surface area (Å²) in [5, 5.41) is 12.3. The number of nitrogens with zero attached hydrogens (tertiary/aromatic N) is 6. The first kappa shape index (κ1) is 24.1. The number of ether oxygens (including phenoxy) is 2. The topological polar surface area (TPSA) is 99.9 Å². The van der Waals surface area contributed by atoms with Crippen molar-refractivity contribution in [2.24, 2.45) is 0 Å². The van der Waals surface area contributed by atoms with E-state index in [9.17, 15) is 13.2 Å². The number of anilines is 1. The van der Waals surface area contributed by atoms with Gasteiger partial charge in [-0.2, -0.15) is 18.2 Å². The monoisotopic (exact) mass is 515 g/mol. The standard InChI is InChI=1S/C25H28F3N7O2/c26-25(27,28)20-12-30-24(32-23(20)37-19-13-36-14-19)31-18-5-1-3-16(9-18)22-34-33-21-10-15(6-8-35(21)22)17-4-2-7-29-11-17/h2,4,7,11-12,15-16,18-19H,1,3,5-6,8-10,13-14H2,(H,30,31,32)/t15-,16+,18-/m1/s1. The minimum Gasteiger partial charge on any atom is -0.469 e. The van der Waals surface area contributed by atoms with E-state index >= 15 is 0 Å². The van der Waals surface area contributed by atoms with E-state index in [-0.39, 0.29) is 31.1 Å². The van der Waals surface area contributed by atoms with Gasteiger partial charge in [0.05, 0.1) is 13.2 Å². The van der Waals surface area contributed by atoms with E-state index in [1.165, 1.54) is 5.56 Å². The van der Waals surface area contributed by atoms with Crippen molar-refractivity contribution in [1.29, 1.82) is 0 Å². The van der Waals surface area contributed by atoms with Crippen molar-refractivity contribution in [3.8, 4) is 5.88 Å². The minimum atomic E-state index is -4.60. The molecule has 3 atom stereocenters. The van der Waals surface area contributed by atoms with Gasteiger partial charge in [-0.15, -0.1) is 10.2 Å². The maximum Gasteiger partial charge on any atom is 0.423 e. The van der Waals surface area contributed by atoms with Gasteiger partial charge >= 0.3 is 6.18 Å². The molecule has 0 spiro atoms. The molecule has 0 bridgehead atoms. The molecule has 0 amide bonds. The summed E-state index contributed by atoms with van der Waals surface area (Å²) in [6.07, 6.45) is 4.92. The van der Waals surface area contributed by atoms with E-state index in [1.54, 1.807) is 6.20 Å². The minimum absolute atomic E-state index is 0.00931. The van der Waals surface area contributed by atoms with Crippen LogP contribution in [0.1, 0.15) is 66.7 Å². The van der Waals surface area contributed by atoms with Crippen molar-refractivity contribution < 1.29 is 22.6 Å². The molecule has 3 aromatic rings. The van der Waals surface area contributed by atoms with E-state index in [1.807, 2.05) is 12.3 Å². The second-order valence-corrected chi connectivity index (χ2v) is 9.99. The van der Waals surface area contributed by atoms with Crippen LogP contribution in [0.15, 0.2) is 30.7 Å². The zero-order valence-electron chi connectivity index (χ0n) is 20.2. The Morgan fingerprint density at radius 1 is 1.08 bits per heavy atom. The Balaban J connectivity index is 1.14. The quantitative estimate of drug-likeness (QED) is 0.523. The van der Waals surface area contributed by atoms with Crippen LogP contribution in [0, 0.1) is 0 Å². The van der Waals surface area contributed by atoms with E-state index < -0.39 is 23.7 Å². The number of pyridine rings is 1. The number of aromatic nitrogens is 6. The van der Waals surface area contributed by atoms with Crippen LogP contribution < -0.4 is 10.1 Å². The van der Waals surface area contributed by atoms with Crippen LogP contribution in [0.2, 0.25) is 0 Å². The molecule has 9 nitrogen and oxygen atoms in total. The first-order valence-electron chi connectivity index (χ1n) is 12.7. The van der Waals surface area contributed by atoms with Crippen LogP contribution in [0.4, 0.5) is 19.1 Å². The van der Waals surface area contributed by atoms with E-state index in [0.717, 1.165) is 62.9 Å². The number of hydrogen-bond donors (Lipinski definition) is 1. The summed E-state index contributed by atoms with van der Waals surface area (Å²) in [6, 6.07) is 4.09. The molecule has 196 valence electrons. The van der Waals surface area contributed by atoms with E-state index in [4.69, 9.17) is 9.47 Å². The highest BCUT2D eigenvalue weighted by atomic mass is 19.4. The summed E-state index contributed by atoms with van der Waals surface area (Å²) in [4.78, 5) is 12.3. The number of nitrogens with one attached hydrogen (secondary N) is 1. The predicted octanol–water partition coefficient (Wildman–Crippen LogP) is 4.13. The van der Waals surface area contributed by atoms with Gasteiger partial charge < -0.3 is 19.4 Å². The van der Waals surface area contributed by atoms with Crippen LogP contribution in [0.5, 0.6) is 5.88 Å². The van der Waals surface area contributed by atoms with Gasteiger partial charge in [0.1, 0.15) is 23.3 Å².